The zero-order chi connectivity index (χ0) is 13.0. The Labute approximate surface area is 111 Å². The fraction of sp³-hybridized carbons (Fsp3) is 0.0769. The Morgan fingerprint density at radius 1 is 0.889 bits per heavy atom. The van der Waals surface area contributed by atoms with Gasteiger partial charge in [0.25, 0.3) is 0 Å². The highest BCUT2D eigenvalue weighted by Crippen LogP contribution is 2.53. The van der Waals surface area contributed by atoms with E-state index in [0.717, 1.165) is 5.56 Å². The van der Waals surface area contributed by atoms with Crippen LogP contribution >= 0.6 is 18.2 Å². The van der Waals surface area contributed by atoms with Gasteiger partial charge in [-0.15, -0.1) is 0 Å². The Kier molecular flexibility index (Phi) is 3.95. The molecule has 2 aromatic carbocycles. The molecule has 0 saturated heterocycles. The second-order valence-corrected chi connectivity index (χ2v) is 6.21. The van der Waals surface area contributed by atoms with E-state index in [2.05, 4.69) is 0 Å². The molecule has 2 rings (SSSR count). The number of halogens is 1. The van der Waals surface area contributed by atoms with Crippen LogP contribution in [0.25, 0.3) is 0 Å². The van der Waals surface area contributed by atoms with Gasteiger partial charge in [-0.2, -0.15) is 0 Å². The first kappa shape index (κ1) is 13.0. The van der Waals surface area contributed by atoms with E-state index in [1.807, 2.05) is 25.1 Å². The molecule has 0 bridgehead atoms. The molecule has 3 nitrogen and oxygen atoms in total. The van der Waals surface area contributed by atoms with E-state index in [1.165, 1.54) is 0 Å². The highest BCUT2D eigenvalue weighted by molar-refractivity contribution is 7.82. The minimum Gasteiger partial charge on any atom is -0.405 e. The van der Waals surface area contributed by atoms with Crippen molar-refractivity contribution < 1.29 is 13.6 Å². The average molecular weight is 283 g/mol. The summed E-state index contributed by atoms with van der Waals surface area (Å²) in [5.41, 5.74) is 1.08. The maximum absolute atomic E-state index is 12.0. The Morgan fingerprint density at radius 2 is 1.39 bits per heavy atom. The van der Waals surface area contributed by atoms with E-state index in [0.29, 0.717) is 11.5 Å². The molecule has 0 heterocycles. The normalized spacial score (nSPS) is 13.7. The van der Waals surface area contributed by atoms with Gasteiger partial charge < -0.3 is 9.05 Å². The van der Waals surface area contributed by atoms with Crippen LogP contribution in [0.1, 0.15) is 5.56 Å². The molecule has 0 aliphatic heterocycles. The lowest BCUT2D eigenvalue weighted by atomic mass is 10.2. The van der Waals surface area contributed by atoms with Crippen LogP contribution in [0, 0.1) is 6.92 Å². The quantitative estimate of drug-likeness (QED) is 0.756. The summed E-state index contributed by atoms with van der Waals surface area (Å²) in [5.74, 6) is 0.817. The Bertz CT molecular complexity index is 554. The molecule has 1 unspecified atom stereocenters. The zero-order valence-electron chi connectivity index (χ0n) is 9.75. The van der Waals surface area contributed by atoms with Gasteiger partial charge in [0.1, 0.15) is 11.5 Å². The maximum atomic E-state index is 12.0. The largest absolute Gasteiger partial charge is 0.530 e. The minimum absolute atomic E-state index is 0.406. The van der Waals surface area contributed by atoms with Crippen LogP contribution in [0.15, 0.2) is 54.6 Å². The standard InChI is InChI=1S/C13H12ClO3P/c1-11-7-9-13(10-8-11)17-18(14,15)16-12-5-3-2-4-6-12/h2-10H,1H3. The van der Waals surface area contributed by atoms with Crippen molar-refractivity contribution in [2.75, 3.05) is 0 Å². The summed E-state index contributed by atoms with van der Waals surface area (Å²) >= 11 is 5.76. The molecule has 94 valence electrons. The molecular formula is C13H12ClO3P. The fourth-order valence-corrected chi connectivity index (χ4v) is 2.61. The summed E-state index contributed by atoms with van der Waals surface area (Å²) in [4.78, 5) is 0. The Balaban J connectivity index is 2.08. The van der Waals surface area contributed by atoms with E-state index >= 15 is 0 Å². The first-order chi connectivity index (χ1) is 8.55. The summed E-state index contributed by atoms with van der Waals surface area (Å²) in [7, 11) is 0. The molecular weight excluding hydrogens is 271 g/mol. The van der Waals surface area contributed by atoms with Crippen LogP contribution < -0.4 is 9.05 Å². The third-order valence-corrected chi connectivity index (χ3v) is 3.46. The molecule has 1 atom stereocenters. The summed E-state index contributed by atoms with van der Waals surface area (Å²) in [6.45, 7) is -1.73. The summed E-state index contributed by atoms with van der Waals surface area (Å²) < 4.78 is 22.3. The van der Waals surface area contributed by atoms with Crippen molar-refractivity contribution in [3.63, 3.8) is 0 Å². The first-order valence-corrected chi connectivity index (χ1v) is 7.80. The second-order valence-electron chi connectivity index (χ2n) is 3.74. The van der Waals surface area contributed by atoms with Crippen LogP contribution in [-0.2, 0) is 4.57 Å². The molecule has 18 heavy (non-hydrogen) atoms. The Morgan fingerprint density at radius 3 is 1.94 bits per heavy atom. The highest BCUT2D eigenvalue weighted by Gasteiger charge is 2.24. The van der Waals surface area contributed by atoms with E-state index in [9.17, 15) is 4.57 Å². The van der Waals surface area contributed by atoms with Gasteiger partial charge in [-0.05, 0) is 31.2 Å². The maximum Gasteiger partial charge on any atom is 0.530 e. The van der Waals surface area contributed by atoms with E-state index < -0.39 is 6.95 Å². The van der Waals surface area contributed by atoms with Crippen LogP contribution in [-0.4, -0.2) is 0 Å². The highest BCUT2D eigenvalue weighted by atomic mass is 35.7. The number of hydrogen-bond donors (Lipinski definition) is 0. The lowest BCUT2D eigenvalue weighted by Crippen LogP contribution is -1.95. The number of para-hydroxylation sites is 1. The van der Waals surface area contributed by atoms with E-state index in [1.54, 1.807) is 36.4 Å². The molecule has 0 aromatic heterocycles. The molecule has 0 N–H and O–H groups in total. The van der Waals surface area contributed by atoms with Crippen LogP contribution in [0.5, 0.6) is 11.5 Å². The van der Waals surface area contributed by atoms with Crippen molar-refractivity contribution in [1.29, 1.82) is 0 Å². The third kappa shape index (κ3) is 3.80. The van der Waals surface area contributed by atoms with Gasteiger partial charge in [0, 0.05) is 11.2 Å². The molecule has 0 aliphatic rings. The number of hydrogen-bond acceptors (Lipinski definition) is 3. The first-order valence-electron chi connectivity index (χ1n) is 5.36. The monoisotopic (exact) mass is 282 g/mol. The van der Waals surface area contributed by atoms with Crippen molar-refractivity contribution in [2.45, 2.75) is 6.92 Å². The molecule has 5 heteroatoms. The van der Waals surface area contributed by atoms with Gasteiger partial charge in [0.05, 0.1) is 0 Å². The number of aryl methyl sites for hydroxylation is 1. The molecule has 0 radical (unpaired) electrons. The van der Waals surface area contributed by atoms with Gasteiger partial charge in [-0.1, -0.05) is 35.9 Å². The SMILES string of the molecule is Cc1ccc(OP(=O)(Cl)Oc2ccccc2)cc1. The zero-order valence-corrected chi connectivity index (χ0v) is 11.4. The van der Waals surface area contributed by atoms with E-state index in [-0.39, 0.29) is 0 Å². The number of rotatable bonds is 4. The molecule has 0 spiro atoms. The van der Waals surface area contributed by atoms with Crippen LogP contribution in [0.4, 0.5) is 0 Å². The third-order valence-electron chi connectivity index (χ3n) is 2.19. The molecule has 0 amide bonds. The number of benzene rings is 2. The summed E-state index contributed by atoms with van der Waals surface area (Å²) in [5, 5.41) is 0. The lowest BCUT2D eigenvalue weighted by Gasteiger charge is -2.13. The van der Waals surface area contributed by atoms with Crippen molar-refractivity contribution in [3.8, 4) is 11.5 Å². The predicted octanol–water partition coefficient (Wildman–Crippen LogP) is 4.80. The van der Waals surface area contributed by atoms with Gasteiger partial charge >= 0.3 is 6.95 Å². The fourth-order valence-electron chi connectivity index (χ4n) is 1.35. The van der Waals surface area contributed by atoms with Crippen molar-refractivity contribution in [3.05, 3.63) is 60.2 Å². The second kappa shape index (κ2) is 5.47. The van der Waals surface area contributed by atoms with Crippen molar-refractivity contribution in [1.82, 2.24) is 0 Å². The average Bonchev–Trinajstić information content (AvgIpc) is 2.32. The predicted molar refractivity (Wildman–Crippen MR) is 72.3 cm³/mol. The Hall–Kier alpha value is -1.44. The summed E-state index contributed by atoms with van der Waals surface area (Å²) in [6.07, 6.45) is 0. The minimum atomic E-state index is -3.68. The molecule has 0 fully saturated rings. The molecule has 0 saturated carbocycles. The van der Waals surface area contributed by atoms with Crippen LogP contribution in [0.3, 0.4) is 0 Å². The van der Waals surface area contributed by atoms with Gasteiger partial charge in [-0.3, -0.25) is 0 Å². The van der Waals surface area contributed by atoms with Gasteiger partial charge in [0.15, 0.2) is 0 Å². The van der Waals surface area contributed by atoms with Crippen molar-refractivity contribution >= 4 is 18.2 Å². The van der Waals surface area contributed by atoms with Gasteiger partial charge in [0.2, 0.25) is 0 Å². The lowest BCUT2D eigenvalue weighted by molar-refractivity contribution is 0.406. The van der Waals surface area contributed by atoms with Crippen molar-refractivity contribution in [2.24, 2.45) is 0 Å². The smallest absolute Gasteiger partial charge is 0.405 e. The topological polar surface area (TPSA) is 35.5 Å². The van der Waals surface area contributed by atoms with Crippen LogP contribution in [0.2, 0.25) is 0 Å². The molecule has 2 aromatic rings. The van der Waals surface area contributed by atoms with Gasteiger partial charge in [-0.25, -0.2) is 4.57 Å². The molecule has 0 aliphatic carbocycles. The van der Waals surface area contributed by atoms with E-state index in [4.69, 9.17) is 20.3 Å². The summed E-state index contributed by atoms with van der Waals surface area (Å²) in [6, 6.07) is 15.7.